The van der Waals surface area contributed by atoms with Gasteiger partial charge in [-0.2, -0.15) is 0 Å². The summed E-state index contributed by atoms with van der Waals surface area (Å²) in [7, 11) is 3.15. The number of methoxy groups -OCH3 is 2. The van der Waals surface area contributed by atoms with E-state index in [1.54, 1.807) is 44.6 Å². The Morgan fingerprint density at radius 3 is 1.71 bits per heavy atom. The van der Waals surface area contributed by atoms with Crippen molar-refractivity contribution in [2.75, 3.05) is 20.8 Å². The Hall–Kier alpha value is -4.58. The molecule has 0 aliphatic carbocycles. The Morgan fingerprint density at radius 2 is 1.19 bits per heavy atom. The molecule has 0 aromatic heterocycles. The molecule has 0 bridgehead atoms. The predicted octanol–water partition coefficient (Wildman–Crippen LogP) is 3.34. The highest BCUT2D eigenvalue weighted by Crippen LogP contribution is 2.31. The molecule has 0 radical (unpaired) electrons. The lowest BCUT2D eigenvalue weighted by Crippen LogP contribution is -2.63. The molecular formula is C30H34O12. The SMILES string of the molecule is COc1cc(C=Cc2ccc(OC3OC(COC(C)=O)C(OC(C)=O)C(OC(C)=O)C3OC(C)=O)cc2)cc(OC)c1. The van der Waals surface area contributed by atoms with Crippen LogP contribution in [0.15, 0.2) is 42.5 Å². The minimum Gasteiger partial charge on any atom is -0.497 e. The van der Waals surface area contributed by atoms with Gasteiger partial charge in [0.2, 0.25) is 12.4 Å². The summed E-state index contributed by atoms with van der Waals surface area (Å²) in [6, 6.07) is 12.4. The standard InChI is InChI=1S/C30H34O12/c1-17(31)37-16-26-27(38-18(2)32)28(39-19(3)33)29(40-20(4)34)30(42-26)41-23-11-9-21(10-12-23)7-8-22-13-24(35-5)15-25(14-22)36-6/h7-15,26-30H,16H2,1-6H3. The number of carbonyl (C=O) groups excluding carboxylic acids is 4. The molecule has 0 amide bonds. The zero-order valence-electron chi connectivity index (χ0n) is 24.2. The molecule has 2 aromatic rings. The lowest BCUT2D eigenvalue weighted by Gasteiger charge is -2.43. The average molecular weight is 587 g/mol. The van der Waals surface area contributed by atoms with Crippen LogP contribution in [0.5, 0.6) is 17.2 Å². The molecule has 1 aliphatic rings. The van der Waals surface area contributed by atoms with Crippen LogP contribution in [-0.4, -0.2) is 75.4 Å². The Kier molecular flexibility index (Phi) is 11.3. The van der Waals surface area contributed by atoms with Gasteiger partial charge in [-0.15, -0.1) is 0 Å². The molecule has 5 atom stereocenters. The van der Waals surface area contributed by atoms with E-state index in [2.05, 4.69) is 0 Å². The van der Waals surface area contributed by atoms with Gasteiger partial charge in [0.1, 0.15) is 30.0 Å². The van der Waals surface area contributed by atoms with Crippen molar-refractivity contribution in [3.63, 3.8) is 0 Å². The van der Waals surface area contributed by atoms with Gasteiger partial charge in [-0.3, -0.25) is 19.2 Å². The predicted molar refractivity (Wildman–Crippen MR) is 147 cm³/mol. The van der Waals surface area contributed by atoms with E-state index in [9.17, 15) is 19.2 Å². The third-order valence-corrected chi connectivity index (χ3v) is 5.92. The van der Waals surface area contributed by atoms with Crippen LogP contribution in [0.1, 0.15) is 38.8 Å². The Bertz CT molecular complexity index is 1260. The van der Waals surface area contributed by atoms with Gasteiger partial charge in [0.15, 0.2) is 12.2 Å². The molecule has 42 heavy (non-hydrogen) atoms. The zero-order valence-corrected chi connectivity index (χ0v) is 24.2. The molecular weight excluding hydrogens is 552 g/mol. The van der Waals surface area contributed by atoms with Gasteiger partial charge in [-0.1, -0.05) is 24.3 Å². The normalized spacial score (nSPS) is 21.6. The van der Waals surface area contributed by atoms with Gasteiger partial charge >= 0.3 is 23.9 Å². The van der Waals surface area contributed by atoms with E-state index in [1.807, 2.05) is 24.3 Å². The van der Waals surface area contributed by atoms with Crippen LogP contribution in [0, 0.1) is 0 Å². The number of esters is 4. The molecule has 12 heteroatoms. The Morgan fingerprint density at radius 1 is 0.667 bits per heavy atom. The van der Waals surface area contributed by atoms with E-state index >= 15 is 0 Å². The zero-order chi connectivity index (χ0) is 30.8. The number of benzene rings is 2. The average Bonchev–Trinajstić information content (AvgIpc) is 2.93. The lowest BCUT2D eigenvalue weighted by molar-refractivity contribution is -0.288. The van der Waals surface area contributed by atoms with Gasteiger partial charge < -0.3 is 37.9 Å². The van der Waals surface area contributed by atoms with E-state index in [4.69, 9.17) is 37.9 Å². The first-order valence-electron chi connectivity index (χ1n) is 13.0. The third-order valence-electron chi connectivity index (χ3n) is 5.92. The maximum absolute atomic E-state index is 12.0. The summed E-state index contributed by atoms with van der Waals surface area (Å²) in [5.41, 5.74) is 1.70. The number of carbonyl (C=O) groups is 4. The van der Waals surface area contributed by atoms with Gasteiger partial charge in [-0.05, 0) is 35.4 Å². The molecule has 2 aromatic carbocycles. The maximum Gasteiger partial charge on any atom is 0.303 e. The summed E-state index contributed by atoms with van der Waals surface area (Å²) in [4.78, 5) is 47.4. The smallest absolute Gasteiger partial charge is 0.303 e. The molecule has 3 rings (SSSR count). The van der Waals surface area contributed by atoms with E-state index in [0.717, 1.165) is 31.9 Å². The van der Waals surface area contributed by atoms with E-state index in [1.165, 1.54) is 6.92 Å². The summed E-state index contributed by atoms with van der Waals surface area (Å²) < 4.78 is 43.9. The number of hydrogen-bond acceptors (Lipinski definition) is 12. The second kappa shape index (κ2) is 14.9. The molecule has 1 fully saturated rings. The first kappa shape index (κ1) is 31.9. The molecule has 0 N–H and O–H groups in total. The first-order chi connectivity index (χ1) is 20.0. The fourth-order valence-electron chi connectivity index (χ4n) is 4.19. The molecule has 0 spiro atoms. The maximum atomic E-state index is 12.0. The van der Waals surface area contributed by atoms with Crippen LogP contribution in [0.3, 0.4) is 0 Å². The molecule has 5 unspecified atom stereocenters. The van der Waals surface area contributed by atoms with Crippen LogP contribution in [0.2, 0.25) is 0 Å². The number of ether oxygens (including phenoxy) is 8. The topological polar surface area (TPSA) is 142 Å². The minimum atomic E-state index is -1.33. The molecule has 0 saturated carbocycles. The van der Waals surface area contributed by atoms with Crippen molar-refractivity contribution < 1.29 is 57.1 Å². The van der Waals surface area contributed by atoms with Crippen molar-refractivity contribution in [1.82, 2.24) is 0 Å². The lowest BCUT2D eigenvalue weighted by atomic mass is 9.98. The quantitative estimate of drug-likeness (QED) is 0.216. The highest BCUT2D eigenvalue weighted by Gasteiger charge is 2.53. The summed E-state index contributed by atoms with van der Waals surface area (Å²) >= 11 is 0. The summed E-state index contributed by atoms with van der Waals surface area (Å²) in [5.74, 6) is -1.14. The second-order valence-corrected chi connectivity index (χ2v) is 9.23. The Balaban J connectivity index is 1.87. The van der Waals surface area contributed by atoms with Gasteiger partial charge in [0, 0.05) is 33.8 Å². The van der Waals surface area contributed by atoms with Crippen molar-refractivity contribution in [3.8, 4) is 17.2 Å². The monoisotopic (exact) mass is 586 g/mol. The number of hydrogen-bond donors (Lipinski definition) is 0. The summed E-state index contributed by atoms with van der Waals surface area (Å²) in [6.45, 7) is 4.31. The van der Waals surface area contributed by atoms with Gasteiger partial charge in [0.05, 0.1) is 14.2 Å². The molecule has 1 aliphatic heterocycles. The molecule has 1 heterocycles. The van der Waals surface area contributed by atoms with E-state index in [-0.39, 0.29) is 6.61 Å². The van der Waals surface area contributed by atoms with Crippen LogP contribution < -0.4 is 14.2 Å². The fraction of sp³-hybridized carbons (Fsp3) is 0.400. The molecule has 226 valence electrons. The first-order valence-corrected chi connectivity index (χ1v) is 13.0. The van der Waals surface area contributed by atoms with Gasteiger partial charge in [0.25, 0.3) is 0 Å². The van der Waals surface area contributed by atoms with Crippen molar-refractivity contribution in [1.29, 1.82) is 0 Å². The largest absolute Gasteiger partial charge is 0.497 e. The highest BCUT2D eigenvalue weighted by molar-refractivity contribution is 5.71. The van der Waals surface area contributed by atoms with Crippen LogP contribution >= 0.6 is 0 Å². The molecule has 12 nitrogen and oxygen atoms in total. The van der Waals surface area contributed by atoms with Crippen LogP contribution in [0.4, 0.5) is 0 Å². The number of rotatable bonds is 11. The van der Waals surface area contributed by atoms with Crippen molar-refractivity contribution in [3.05, 3.63) is 53.6 Å². The summed E-state index contributed by atoms with van der Waals surface area (Å²) in [6.07, 6.45) is -2.58. The van der Waals surface area contributed by atoms with Crippen LogP contribution in [-0.2, 0) is 42.9 Å². The minimum absolute atomic E-state index is 0.330. The second-order valence-electron chi connectivity index (χ2n) is 9.23. The summed E-state index contributed by atoms with van der Waals surface area (Å²) in [5, 5.41) is 0. The molecule has 1 saturated heterocycles. The van der Waals surface area contributed by atoms with Crippen molar-refractivity contribution >= 4 is 36.0 Å². The Labute approximate surface area is 243 Å². The van der Waals surface area contributed by atoms with Crippen molar-refractivity contribution in [2.24, 2.45) is 0 Å². The highest BCUT2D eigenvalue weighted by atomic mass is 16.7. The van der Waals surface area contributed by atoms with Crippen LogP contribution in [0.25, 0.3) is 12.2 Å². The third kappa shape index (κ3) is 9.23. The van der Waals surface area contributed by atoms with E-state index in [0.29, 0.717) is 17.2 Å². The van der Waals surface area contributed by atoms with Crippen molar-refractivity contribution in [2.45, 2.75) is 58.4 Å². The van der Waals surface area contributed by atoms with Gasteiger partial charge in [-0.25, -0.2) is 0 Å². The van der Waals surface area contributed by atoms with E-state index < -0.39 is 54.6 Å². The fourth-order valence-corrected chi connectivity index (χ4v) is 4.19.